The number of hydrogen-bond donors (Lipinski definition) is 0. The molecule has 1 aromatic heterocycles. The van der Waals surface area contributed by atoms with Crippen molar-refractivity contribution in [2.24, 2.45) is 0 Å². The second-order valence-electron chi connectivity index (χ2n) is 3.95. The number of nitrogens with zero attached hydrogens (tertiary/aromatic N) is 3. The second kappa shape index (κ2) is 4.55. The normalized spacial score (nSPS) is 21.7. The number of rotatable bonds is 2. The first-order valence-electron chi connectivity index (χ1n) is 5.55. The molecule has 2 rings (SSSR count). The first-order chi connectivity index (χ1) is 7.31. The third-order valence-electron chi connectivity index (χ3n) is 3.01. The molecule has 1 fully saturated rings. The minimum atomic E-state index is -0.444. The summed E-state index contributed by atoms with van der Waals surface area (Å²) in [4.78, 5) is 9.82. The zero-order valence-corrected chi connectivity index (χ0v) is 8.99. The van der Waals surface area contributed by atoms with E-state index in [-0.39, 0.29) is 0 Å². The van der Waals surface area contributed by atoms with E-state index in [9.17, 15) is 4.39 Å². The van der Waals surface area contributed by atoms with Crippen LogP contribution in [0.25, 0.3) is 0 Å². The topological polar surface area (TPSA) is 29.0 Å². The van der Waals surface area contributed by atoms with Gasteiger partial charge in [-0.05, 0) is 25.7 Å². The van der Waals surface area contributed by atoms with Crippen LogP contribution in [0, 0.1) is 5.95 Å². The zero-order chi connectivity index (χ0) is 10.7. The Kier molecular flexibility index (Phi) is 3.14. The van der Waals surface area contributed by atoms with Gasteiger partial charge in [-0.25, -0.2) is 9.97 Å². The molecule has 15 heavy (non-hydrogen) atoms. The van der Waals surface area contributed by atoms with E-state index in [1.807, 2.05) is 0 Å². The van der Waals surface area contributed by atoms with Gasteiger partial charge in [0.05, 0.1) is 0 Å². The van der Waals surface area contributed by atoms with Crippen molar-refractivity contribution in [1.82, 2.24) is 9.97 Å². The predicted octanol–water partition coefficient (Wildman–Crippen LogP) is 2.38. The Labute approximate surface area is 89.3 Å². The van der Waals surface area contributed by atoms with Gasteiger partial charge in [0.2, 0.25) is 5.95 Å². The van der Waals surface area contributed by atoms with Crippen molar-refractivity contribution in [2.75, 3.05) is 11.4 Å². The van der Waals surface area contributed by atoms with E-state index in [1.165, 1.54) is 31.7 Å². The molecule has 0 N–H and O–H groups in total. The maximum atomic E-state index is 13.0. The van der Waals surface area contributed by atoms with Crippen molar-refractivity contribution in [3.8, 4) is 0 Å². The Morgan fingerprint density at radius 3 is 3.07 bits per heavy atom. The van der Waals surface area contributed by atoms with Gasteiger partial charge in [0.1, 0.15) is 12.1 Å². The van der Waals surface area contributed by atoms with Gasteiger partial charge < -0.3 is 4.90 Å². The van der Waals surface area contributed by atoms with E-state index in [4.69, 9.17) is 0 Å². The number of piperidine rings is 1. The highest BCUT2D eigenvalue weighted by Gasteiger charge is 2.22. The third kappa shape index (κ3) is 2.25. The number of hydrogen-bond acceptors (Lipinski definition) is 3. The van der Waals surface area contributed by atoms with E-state index < -0.39 is 5.95 Å². The molecule has 1 aliphatic rings. The molecule has 82 valence electrons. The minimum absolute atomic E-state index is 0.444. The number of anilines is 1. The van der Waals surface area contributed by atoms with Crippen LogP contribution in [0.2, 0.25) is 0 Å². The molecule has 1 unspecified atom stereocenters. The number of aromatic nitrogens is 2. The maximum absolute atomic E-state index is 13.0. The van der Waals surface area contributed by atoms with Gasteiger partial charge in [0.25, 0.3) is 0 Å². The standard InChI is InChI=1S/C11H16FN3/c1-2-9-5-3-4-6-15(9)11-7-10(12)13-8-14-11/h7-9H,2-6H2,1H3. The summed E-state index contributed by atoms with van der Waals surface area (Å²) in [5.74, 6) is 0.287. The Morgan fingerprint density at radius 1 is 1.47 bits per heavy atom. The monoisotopic (exact) mass is 209 g/mol. The Bertz CT molecular complexity index is 329. The van der Waals surface area contributed by atoms with Crippen LogP contribution in [-0.2, 0) is 0 Å². The lowest BCUT2D eigenvalue weighted by Crippen LogP contribution is -2.39. The van der Waals surface area contributed by atoms with E-state index in [0.29, 0.717) is 6.04 Å². The molecule has 4 heteroatoms. The molecule has 0 aromatic carbocycles. The third-order valence-corrected chi connectivity index (χ3v) is 3.01. The molecule has 1 aromatic rings. The average Bonchev–Trinajstić information content (AvgIpc) is 2.29. The summed E-state index contributed by atoms with van der Waals surface area (Å²) < 4.78 is 13.0. The Morgan fingerprint density at radius 2 is 2.33 bits per heavy atom. The van der Waals surface area contributed by atoms with Crippen molar-refractivity contribution in [1.29, 1.82) is 0 Å². The summed E-state index contributed by atoms with van der Waals surface area (Å²) in [6, 6.07) is 1.93. The van der Waals surface area contributed by atoms with Gasteiger partial charge >= 0.3 is 0 Å². The highest BCUT2D eigenvalue weighted by molar-refractivity contribution is 5.38. The maximum Gasteiger partial charge on any atom is 0.218 e. The molecule has 1 aliphatic heterocycles. The fourth-order valence-electron chi connectivity index (χ4n) is 2.21. The van der Waals surface area contributed by atoms with Crippen LogP contribution in [0.4, 0.5) is 10.2 Å². The van der Waals surface area contributed by atoms with Gasteiger partial charge in [-0.1, -0.05) is 6.92 Å². The largest absolute Gasteiger partial charge is 0.353 e. The minimum Gasteiger partial charge on any atom is -0.353 e. The SMILES string of the molecule is CCC1CCCCN1c1cc(F)ncn1. The zero-order valence-electron chi connectivity index (χ0n) is 8.99. The summed E-state index contributed by atoms with van der Waals surface area (Å²) in [7, 11) is 0. The molecule has 0 bridgehead atoms. The van der Waals surface area contributed by atoms with Gasteiger partial charge in [-0.2, -0.15) is 4.39 Å². The van der Waals surface area contributed by atoms with E-state index in [1.54, 1.807) is 0 Å². The van der Waals surface area contributed by atoms with Crippen LogP contribution in [-0.4, -0.2) is 22.6 Å². The van der Waals surface area contributed by atoms with Gasteiger partial charge in [-0.3, -0.25) is 0 Å². The van der Waals surface area contributed by atoms with Crippen LogP contribution >= 0.6 is 0 Å². The Hall–Kier alpha value is -1.19. The molecule has 0 saturated carbocycles. The summed E-state index contributed by atoms with van der Waals surface area (Å²) >= 11 is 0. The smallest absolute Gasteiger partial charge is 0.218 e. The van der Waals surface area contributed by atoms with Crippen LogP contribution in [0.15, 0.2) is 12.4 Å². The van der Waals surface area contributed by atoms with E-state index >= 15 is 0 Å². The van der Waals surface area contributed by atoms with Crippen LogP contribution in [0.5, 0.6) is 0 Å². The molecule has 0 aliphatic carbocycles. The fourth-order valence-corrected chi connectivity index (χ4v) is 2.21. The molecular formula is C11H16FN3. The van der Waals surface area contributed by atoms with Crippen molar-refractivity contribution in [3.05, 3.63) is 18.3 Å². The Balaban J connectivity index is 2.20. The predicted molar refractivity (Wildman–Crippen MR) is 57.3 cm³/mol. The molecule has 0 spiro atoms. The highest BCUT2D eigenvalue weighted by Crippen LogP contribution is 2.24. The van der Waals surface area contributed by atoms with Gasteiger partial charge in [0, 0.05) is 18.7 Å². The van der Waals surface area contributed by atoms with E-state index in [0.717, 1.165) is 18.8 Å². The second-order valence-corrected chi connectivity index (χ2v) is 3.95. The van der Waals surface area contributed by atoms with Gasteiger partial charge in [-0.15, -0.1) is 0 Å². The fraction of sp³-hybridized carbons (Fsp3) is 0.636. The molecule has 1 atom stereocenters. The van der Waals surface area contributed by atoms with Crippen molar-refractivity contribution >= 4 is 5.82 Å². The highest BCUT2D eigenvalue weighted by atomic mass is 19.1. The summed E-state index contributed by atoms with van der Waals surface area (Å²) in [6.45, 7) is 3.15. The molecule has 0 radical (unpaired) electrons. The van der Waals surface area contributed by atoms with Gasteiger partial charge in [0.15, 0.2) is 0 Å². The van der Waals surface area contributed by atoms with Crippen LogP contribution < -0.4 is 4.90 Å². The quantitative estimate of drug-likeness (QED) is 0.700. The lowest BCUT2D eigenvalue weighted by molar-refractivity contribution is 0.445. The molecule has 0 amide bonds. The summed E-state index contributed by atoms with van der Waals surface area (Å²) in [5, 5.41) is 0. The summed E-state index contributed by atoms with van der Waals surface area (Å²) in [6.07, 6.45) is 6.00. The van der Waals surface area contributed by atoms with E-state index in [2.05, 4.69) is 21.8 Å². The molecule has 3 nitrogen and oxygen atoms in total. The molecular weight excluding hydrogens is 193 g/mol. The first-order valence-corrected chi connectivity index (χ1v) is 5.55. The molecule has 2 heterocycles. The van der Waals surface area contributed by atoms with Crippen molar-refractivity contribution in [3.63, 3.8) is 0 Å². The van der Waals surface area contributed by atoms with Crippen molar-refractivity contribution < 1.29 is 4.39 Å². The van der Waals surface area contributed by atoms with Crippen molar-refractivity contribution in [2.45, 2.75) is 38.6 Å². The lowest BCUT2D eigenvalue weighted by Gasteiger charge is -2.36. The first kappa shape index (κ1) is 10.3. The molecule has 1 saturated heterocycles. The van der Waals surface area contributed by atoms with Crippen LogP contribution in [0.1, 0.15) is 32.6 Å². The van der Waals surface area contributed by atoms with Crippen LogP contribution in [0.3, 0.4) is 0 Å². The summed E-state index contributed by atoms with van der Waals surface area (Å²) in [5.41, 5.74) is 0. The average molecular weight is 209 g/mol. The number of halogens is 1. The lowest BCUT2D eigenvalue weighted by atomic mass is 10.0.